The number of hydrogen-bond acceptors (Lipinski definition) is 5. The van der Waals surface area contributed by atoms with Crippen molar-refractivity contribution >= 4 is 28.4 Å². The van der Waals surface area contributed by atoms with E-state index in [2.05, 4.69) is 37.9 Å². The first kappa shape index (κ1) is 11.0. The summed E-state index contributed by atoms with van der Waals surface area (Å²) in [6, 6.07) is 0. The Morgan fingerprint density at radius 1 is 1.67 bits per heavy atom. The molecule has 5 nitrogen and oxygen atoms in total. The summed E-state index contributed by atoms with van der Waals surface area (Å²) < 4.78 is 6.10. The highest BCUT2D eigenvalue weighted by molar-refractivity contribution is 14.1. The Morgan fingerprint density at radius 2 is 2.53 bits per heavy atom. The maximum absolute atomic E-state index is 10.0. The van der Waals surface area contributed by atoms with Crippen LogP contribution in [0.3, 0.4) is 0 Å². The normalized spacial score (nSPS) is 25.5. The lowest BCUT2D eigenvalue weighted by Crippen LogP contribution is -2.37. The molecule has 0 bridgehead atoms. The molecule has 0 radical (unpaired) electrons. The van der Waals surface area contributed by atoms with Gasteiger partial charge in [-0.15, -0.1) is 0 Å². The van der Waals surface area contributed by atoms with Gasteiger partial charge in [-0.1, -0.05) is 0 Å². The van der Waals surface area contributed by atoms with E-state index in [1.54, 1.807) is 6.20 Å². The van der Waals surface area contributed by atoms with Crippen molar-refractivity contribution in [2.24, 2.45) is 0 Å². The van der Waals surface area contributed by atoms with Crippen molar-refractivity contribution < 1.29 is 9.84 Å². The minimum atomic E-state index is -0.756. The van der Waals surface area contributed by atoms with E-state index in [0.717, 1.165) is 9.39 Å². The molecule has 1 aliphatic rings. The predicted octanol–water partition coefficient (Wildman–Crippen LogP) is 0.644. The van der Waals surface area contributed by atoms with Crippen LogP contribution in [0, 0.1) is 3.57 Å². The van der Waals surface area contributed by atoms with E-state index in [4.69, 9.17) is 4.74 Å². The van der Waals surface area contributed by atoms with E-state index < -0.39 is 5.60 Å². The number of ether oxygens (including phenoxy) is 1. The van der Waals surface area contributed by atoms with E-state index in [9.17, 15) is 5.11 Å². The fourth-order valence-corrected chi connectivity index (χ4v) is 1.92. The average Bonchev–Trinajstić information content (AvgIpc) is 2.65. The lowest BCUT2D eigenvalue weighted by Gasteiger charge is -2.21. The molecule has 1 aliphatic heterocycles. The van der Waals surface area contributed by atoms with E-state index >= 15 is 0 Å². The first-order chi connectivity index (χ1) is 7.20. The molecule has 1 unspecified atom stereocenters. The van der Waals surface area contributed by atoms with Gasteiger partial charge in [0, 0.05) is 25.8 Å². The van der Waals surface area contributed by atoms with Gasteiger partial charge in [0.15, 0.2) is 0 Å². The maximum Gasteiger partial charge on any atom is 0.142 e. The summed E-state index contributed by atoms with van der Waals surface area (Å²) in [4.78, 5) is 7.98. The molecular weight excluding hydrogens is 309 g/mol. The first-order valence-electron chi connectivity index (χ1n) is 4.69. The third kappa shape index (κ3) is 2.76. The molecule has 2 rings (SSSR count). The van der Waals surface area contributed by atoms with Crippen LogP contribution in [0.2, 0.25) is 0 Å². The Bertz CT molecular complexity index is 342. The zero-order valence-corrected chi connectivity index (χ0v) is 10.3. The van der Waals surface area contributed by atoms with Crippen molar-refractivity contribution in [2.45, 2.75) is 12.0 Å². The average molecular weight is 321 g/mol. The SMILES string of the molecule is OC1(CNc2ncncc2I)CCOC1. The van der Waals surface area contributed by atoms with Gasteiger partial charge in [0.25, 0.3) is 0 Å². The van der Waals surface area contributed by atoms with Crippen LogP contribution < -0.4 is 5.32 Å². The fourth-order valence-electron chi connectivity index (χ4n) is 1.43. The summed E-state index contributed by atoms with van der Waals surface area (Å²) in [6.07, 6.45) is 3.88. The summed E-state index contributed by atoms with van der Waals surface area (Å²) in [7, 11) is 0. The number of rotatable bonds is 3. The second kappa shape index (κ2) is 4.58. The monoisotopic (exact) mass is 321 g/mol. The first-order valence-corrected chi connectivity index (χ1v) is 5.77. The molecule has 0 aliphatic carbocycles. The zero-order valence-electron chi connectivity index (χ0n) is 8.11. The summed E-state index contributed by atoms with van der Waals surface area (Å²) >= 11 is 2.15. The van der Waals surface area contributed by atoms with Crippen molar-refractivity contribution in [1.82, 2.24) is 9.97 Å². The van der Waals surface area contributed by atoms with Crippen molar-refractivity contribution in [2.75, 3.05) is 25.1 Å². The maximum atomic E-state index is 10.0. The molecule has 0 spiro atoms. The number of aromatic nitrogens is 2. The van der Waals surface area contributed by atoms with Crippen LogP contribution in [-0.4, -0.2) is 40.4 Å². The lowest BCUT2D eigenvalue weighted by atomic mass is 10.0. The highest BCUT2D eigenvalue weighted by Gasteiger charge is 2.32. The number of nitrogens with zero attached hydrogens (tertiary/aromatic N) is 2. The molecule has 0 saturated carbocycles. The molecule has 1 aromatic heterocycles. The minimum Gasteiger partial charge on any atom is -0.386 e. The van der Waals surface area contributed by atoms with E-state index in [1.165, 1.54) is 6.33 Å². The molecule has 0 aromatic carbocycles. The Labute approximate surface area is 101 Å². The number of nitrogens with one attached hydrogen (secondary N) is 1. The van der Waals surface area contributed by atoms with Crippen molar-refractivity contribution in [3.63, 3.8) is 0 Å². The molecular formula is C9H12IN3O2. The van der Waals surface area contributed by atoms with Crippen molar-refractivity contribution in [3.8, 4) is 0 Å². The highest BCUT2D eigenvalue weighted by Crippen LogP contribution is 2.20. The Morgan fingerprint density at radius 3 is 3.20 bits per heavy atom. The fraction of sp³-hybridized carbons (Fsp3) is 0.556. The third-order valence-electron chi connectivity index (χ3n) is 2.33. The van der Waals surface area contributed by atoms with Crippen LogP contribution in [0.15, 0.2) is 12.5 Å². The van der Waals surface area contributed by atoms with Crippen LogP contribution in [0.1, 0.15) is 6.42 Å². The second-order valence-electron chi connectivity index (χ2n) is 3.60. The minimum absolute atomic E-state index is 0.391. The second-order valence-corrected chi connectivity index (χ2v) is 4.76. The van der Waals surface area contributed by atoms with Crippen LogP contribution in [0.5, 0.6) is 0 Å². The topological polar surface area (TPSA) is 67.3 Å². The smallest absolute Gasteiger partial charge is 0.142 e. The number of hydrogen-bond donors (Lipinski definition) is 2. The molecule has 1 saturated heterocycles. The quantitative estimate of drug-likeness (QED) is 0.800. The van der Waals surface area contributed by atoms with E-state index in [0.29, 0.717) is 26.2 Å². The predicted molar refractivity (Wildman–Crippen MR) is 63.6 cm³/mol. The van der Waals surface area contributed by atoms with E-state index in [1.807, 2.05) is 0 Å². The molecule has 2 N–H and O–H groups in total. The van der Waals surface area contributed by atoms with Crippen LogP contribution in [0.4, 0.5) is 5.82 Å². The lowest BCUT2D eigenvalue weighted by molar-refractivity contribution is 0.0381. The van der Waals surface area contributed by atoms with Gasteiger partial charge in [-0.2, -0.15) is 0 Å². The van der Waals surface area contributed by atoms with Gasteiger partial charge in [0.1, 0.15) is 17.7 Å². The Hall–Kier alpha value is -0.470. The van der Waals surface area contributed by atoms with Crippen LogP contribution >= 0.6 is 22.6 Å². The van der Waals surface area contributed by atoms with Gasteiger partial charge in [-0.25, -0.2) is 9.97 Å². The molecule has 82 valence electrons. The van der Waals surface area contributed by atoms with Crippen LogP contribution in [0.25, 0.3) is 0 Å². The summed E-state index contributed by atoms with van der Waals surface area (Å²) in [6.45, 7) is 1.47. The summed E-state index contributed by atoms with van der Waals surface area (Å²) in [5, 5.41) is 13.1. The van der Waals surface area contributed by atoms with Gasteiger partial charge >= 0.3 is 0 Å². The number of aliphatic hydroxyl groups is 1. The molecule has 0 amide bonds. The standard InChI is InChI=1S/C9H12IN3O2/c10-7-3-11-6-13-8(7)12-4-9(14)1-2-15-5-9/h3,6,14H,1-2,4-5H2,(H,11,12,13). The Balaban J connectivity index is 1.95. The van der Waals surface area contributed by atoms with Gasteiger partial charge < -0.3 is 15.2 Å². The molecule has 6 heteroatoms. The molecule has 2 heterocycles. The van der Waals surface area contributed by atoms with Crippen LogP contribution in [-0.2, 0) is 4.74 Å². The summed E-state index contributed by atoms with van der Waals surface area (Å²) in [5.74, 6) is 0.755. The largest absolute Gasteiger partial charge is 0.386 e. The number of halogens is 1. The zero-order chi connectivity index (χ0) is 10.7. The third-order valence-corrected chi connectivity index (χ3v) is 3.12. The van der Waals surface area contributed by atoms with Crippen molar-refractivity contribution in [1.29, 1.82) is 0 Å². The molecule has 1 atom stereocenters. The molecule has 1 fully saturated rings. The van der Waals surface area contributed by atoms with E-state index in [-0.39, 0.29) is 0 Å². The van der Waals surface area contributed by atoms with Crippen molar-refractivity contribution in [3.05, 3.63) is 16.1 Å². The van der Waals surface area contributed by atoms with Gasteiger partial charge in [0.2, 0.25) is 0 Å². The van der Waals surface area contributed by atoms with Gasteiger partial charge in [-0.3, -0.25) is 0 Å². The van der Waals surface area contributed by atoms with Gasteiger partial charge in [-0.05, 0) is 22.6 Å². The number of anilines is 1. The molecule has 1 aromatic rings. The Kier molecular flexibility index (Phi) is 3.37. The van der Waals surface area contributed by atoms with Gasteiger partial charge in [0.05, 0.1) is 10.2 Å². The summed E-state index contributed by atoms with van der Waals surface area (Å²) in [5.41, 5.74) is -0.756. The molecule has 15 heavy (non-hydrogen) atoms. The highest BCUT2D eigenvalue weighted by atomic mass is 127.